The van der Waals surface area contributed by atoms with Gasteiger partial charge in [-0.25, -0.2) is 0 Å². The Balaban J connectivity index is 3.28. The molecule has 21 heavy (non-hydrogen) atoms. The van der Waals surface area contributed by atoms with E-state index in [0.29, 0.717) is 18.6 Å². The molecule has 0 aromatic heterocycles. The van der Waals surface area contributed by atoms with Crippen molar-refractivity contribution >= 4 is 11.8 Å². The number of Topliss-reactive ketones (excluding diaryl/α,β-unsaturated/α-hetero) is 1. The number of rotatable bonds is 15. The molecule has 0 heterocycles. The van der Waals surface area contributed by atoms with Crippen LogP contribution in [0, 0.1) is 0 Å². The van der Waals surface area contributed by atoms with Crippen LogP contribution >= 0.6 is 0 Å². The number of unbranched alkanes of at least 4 members (excludes halogenated alkanes) is 8. The van der Waals surface area contributed by atoms with E-state index in [1.807, 2.05) is 6.08 Å². The predicted octanol–water partition coefficient (Wildman–Crippen LogP) is 5.29. The molecule has 0 radical (unpaired) electrons. The number of hydrogen-bond acceptors (Lipinski definition) is 2. The molecule has 0 spiro atoms. The first-order valence-corrected chi connectivity index (χ1v) is 8.55. The Hall–Kier alpha value is -1.12. The number of allylic oxidation sites excluding steroid dienone is 2. The van der Waals surface area contributed by atoms with E-state index >= 15 is 0 Å². The van der Waals surface area contributed by atoms with Crippen LogP contribution in [0.4, 0.5) is 0 Å². The summed E-state index contributed by atoms with van der Waals surface area (Å²) in [5.41, 5.74) is 0. The summed E-state index contributed by atoms with van der Waals surface area (Å²) < 4.78 is 0. The zero-order valence-electron chi connectivity index (χ0n) is 13.6. The van der Waals surface area contributed by atoms with Crippen LogP contribution in [0.2, 0.25) is 0 Å². The zero-order valence-corrected chi connectivity index (χ0v) is 13.6. The van der Waals surface area contributed by atoms with Gasteiger partial charge in [-0.15, -0.1) is 0 Å². The van der Waals surface area contributed by atoms with E-state index in [4.69, 9.17) is 5.11 Å². The molecule has 0 aliphatic rings. The van der Waals surface area contributed by atoms with Crippen molar-refractivity contribution in [3.05, 3.63) is 12.2 Å². The third-order valence-corrected chi connectivity index (χ3v) is 3.58. The Morgan fingerprint density at radius 3 is 2.14 bits per heavy atom. The number of carboxylic acids is 1. The molecule has 0 aliphatic heterocycles. The number of carboxylic acid groups (broad SMARTS) is 1. The number of carbonyl (C=O) groups is 2. The van der Waals surface area contributed by atoms with Crippen molar-refractivity contribution in [2.24, 2.45) is 0 Å². The van der Waals surface area contributed by atoms with Gasteiger partial charge in [0.15, 0.2) is 0 Å². The lowest BCUT2D eigenvalue weighted by Gasteiger charge is -1.99. The molecule has 0 atom stereocenters. The molecule has 0 aromatic carbocycles. The molecule has 3 heteroatoms. The summed E-state index contributed by atoms with van der Waals surface area (Å²) in [7, 11) is 0. The minimum Gasteiger partial charge on any atom is -0.481 e. The van der Waals surface area contributed by atoms with Gasteiger partial charge >= 0.3 is 5.97 Å². The van der Waals surface area contributed by atoms with E-state index in [1.165, 1.54) is 19.3 Å². The van der Waals surface area contributed by atoms with Crippen molar-refractivity contribution in [1.29, 1.82) is 0 Å². The Labute approximate surface area is 129 Å². The highest BCUT2D eigenvalue weighted by atomic mass is 16.4. The van der Waals surface area contributed by atoms with Gasteiger partial charge in [0.05, 0.1) is 0 Å². The molecular formula is C18H32O3. The fourth-order valence-electron chi connectivity index (χ4n) is 2.25. The van der Waals surface area contributed by atoms with Gasteiger partial charge in [-0.2, -0.15) is 0 Å². The van der Waals surface area contributed by atoms with Gasteiger partial charge in [0.25, 0.3) is 0 Å². The van der Waals surface area contributed by atoms with Crippen LogP contribution in [-0.4, -0.2) is 16.9 Å². The van der Waals surface area contributed by atoms with Gasteiger partial charge in [0, 0.05) is 19.3 Å². The van der Waals surface area contributed by atoms with Crippen molar-refractivity contribution in [3.8, 4) is 0 Å². The first kappa shape index (κ1) is 19.9. The summed E-state index contributed by atoms with van der Waals surface area (Å²) >= 11 is 0. The van der Waals surface area contributed by atoms with Gasteiger partial charge in [-0.3, -0.25) is 9.59 Å². The predicted molar refractivity (Wildman–Crippen MR) is 87.5 cm³/mol. The number of aliphatic carboxylic acids is 1. The van der Waals surface area contributed by atoms with Gasteiger partial charge in [0.1, 0.15) is 5.78 Å². The van der Waals surface area contributed by atoms with Crippen molar-refractivity contribution in [1.82, 2.24) is 0 Å². The zero-order chi connectivity index (χ0) is 15.8. The molecule has 0 rings (SSSR count). The average molecular weight is 296 g/mol. The quantitative estimate of drug-likeness (QED) is 0.330. The molecule has 0 fully saturated rings. The minimum atomic E-state index is -0.697. The lowest BCUT2D eigenvalue weighted by atomic mass is 10.1. The van der Waals surface area contributed by atoms with Gasteiger partial charge in [-0.05, 0) is 25.7 Å². The van der Waals surface area contributed by atoms with E-state index in [1.54, 1.807) is 0 Å². The summed E-state index contributed by atoms with van der Waals surface area (Å²) in [5.74, 6) is -0.340. The van der Waals surface area contributed by atoms with E-state index < -0.39 is 5.97 Å². The summed E-state index contributed by atoms with van der Waals surface area (Å²) in [4.78, 5) is 21.9. The van der Waals surface area contributed by atoms with E-state index in [2.05, 4.69) is 13.0 Å². The fraction of sp³-hybridized carbons (Fsp3) is 0.778. The molecular weight excluding hydrogens is 264 g/mol. The number of hydrogen-bond donors (Lipinski definition) is 1. The molecule has 1 N–H and O–H groups in total. The van der Waals surface area contributed by atoms with Crippen LogP contribution < -0.4 is 0 Å². The highest BCUT2D eigenvalue weighted by Gasteiger charge is 1.98. The third-order valence-electron chi connectivity index (χ3n) is 3.58. The fourth-order valence-corrected chi connectivity index (χ4v) is 2.25. The largest absolute Gasteiger partial charge is 0.481 e. The van der Waals surface area contributed by atoms with E-state index in [9.17, 15) is 9.59 Å². The molecule has 0 amide bonds. The second-order valence-electron chi connectivity index (χ2n) is 5.73. The van der Waals surface area contributed by atoms with Gasteiger partial charge in [0.2, 0.25) is 0 Å². The summed E-state index contributed by atoms with van der Waals surface area (Å²) in [5, 5.41) is 8.50. The topological polar surface area (TPSA) is 54.4 Å². The maximum absolute atomic E-state index is 11.6. The smallest absolute Gasteiger partial charge is 0.303 e. The van der Waals surface area contributed by atoms with Crippen molar-refractivity contribution in [2.75, 3.05) is 0 Å². The van der Waals surface area contributed by atoms with E-state index in [-0.39, 0.29) is 0 Å². The highest BCUT2D eigenvalue weighted by Crippen LogP contribution is 2.08. The molecule has 122 valence electrons. The maximum atomic E-state index is 11.6. The molecule has 3 nitrogen and oxygen atoms in total. The van der Waals surface area contributed by atoms with E-state index in [0.717, 1.165) is 51.4 Å². The van der Waals surface area contributed by atoms with Crippen LogP contribution in [-0.2, 0) is 9.59 Å². The minimum absolute atomic E-state index is 0.292. The Kier molecular flexibility index (Phi) is 14.5. The van der Waals surface area contributed by atoms with Crippen molar-refractivity contribution < 1.29 is 14.7 Å². The standard InChI is InChI=1S/C18H32O3/c1-2-3-4-11-14-17(19)15-12-9-7-5-6-8-10-13-16-18(20)21/h9,12H,2-8,10-11,13-16H2,1H3,(H,20,21)/b12-9+. The van der Waals surface area contributed by atoms with Crippen LogP contribution in [0.15, 0.2) is 12.2 Å². The van der Waals surface area contributed by atoms with Crippen LogP contribution in [0.5, 0.6) is 0 Å². The van der Waals surface area contributed by atoms with Gasteiger partial charge in [-0.1, -0.05) is 57.6 Å². The molecule has 0 aliphatic carbocycles. The second kappa shape index (κ2) is 15.3. The molecule has 0 unspecified atom stereocenters. The van der Waals surface area contributed by atoms with Crippen LogP contribution in [0.3, 0.4) is 0 Å². The SMILES string of the molecule is CCCCCCC(=O)C/C=C/CCCCCCCC(=O)O. The molecule has 0 aromatic rings. The van der Waals surface area contributed by atoms with Crippen LogP contribution in [0.25, 0.3) is 0 Å². The molecule has 0 saturated heterocycles. The van der Waals surface area contributed by atoms with Crippen molar-refractivity contribution in [3.63, 3.8) is 0 Å². The Morgan fingerprint density at radius 2 is 1.43 bits per heavy atom. The second-order valence-corrected chi connectivity index (χ2v) is 5.73. The molecule has 0 bridgehead atoms. The summed E-state index contributed by atoms with van der Waals surface area (Å²) in [6.45, 7) is 2.18. The number of ketones is 1. The Bertz CT molecular complexity index is 295. The third kappa shape index (κ3) is 16.8. The first-order chi connectivity index (χ1) is 10.2. The lowest BCUT2D eigenvalue weighted by molar-refractivity contribution is -0.137. The first-order valence-electron chi connectivity index (χ1n) is 8.55. The lowest BCUT2D eigenvalue weighted by Crippen LogP contribution is -1.95. The Morgan fingerprint density at radius 1 is 0.810 bits per heavy atom. The summed E-state index contributed by atoms with van der Waals surface area (Å²) in [6.07, 6.45) is 16.6. The highest BCUT2D eigenvalue weighted by molar-refractivity contribution is 5.79. The maximum Gasteiger partial charge on any atom is 0.303 e. The summed E-state index contributed by atoms with van der Waals surface area (Å²) in [6, 6.07) is 0. The average Bonchev–Trinajstić information content (AvgIpc) is 2.45. The van der Waals surface area contributed by atoms with Crippen LogP contribution in [0.1, 0.15) is 90.4 Å². The monoisotopic (exact) mass is 296 g/mol. The number of carbonyl (C=O) groups excluding carboxylic acids is 1. The molecule has 0 saturated carbocycles. The van der Waals surface area contributed by atoms with Gasteiger partial charge < -0.3 is 5.11 Å². The normalized spacial score (nSPS) is 11.1. The van der Waals surface area contributed by atoms with Crippen molar-refractivity contribution in [2.45, 2.75) is 90.4 Å².